The van der Waals surface area contributed by atoms with E-state index in [1.54, 1.807) is 12.3 Å². The third kappa shape index (κ3) is 4.77. The van der Waals surface area contributed by atoms with Gasteiger partial charge in [0.2, 0.25) is 5.91 Å². The summed E-state index contributed by atoms with van der Waals surface area (Å²) in [4.78, 5) is 36.6. The molecule has 6 heteroatoms. The molecule has 1 amide bonds. The summed E-state index contributed by atoms with van der Waals surface area (Å²) in [6, 6.07) is 16.6. The van der Waals surface area contributed by atoms with Gasteiger partial charge in [0.1, 0.15) is 5.69 Å². The lowest BCUT2D eigenvalue weighted by molar-refractivity contribution is -0.125. The van der Waals surface area contributed by atoms with Crippen molar-refractivity contribution >= 4 is 5.91 Å². The van der Waals surface area contributed by atoms with E-state index < -0.39 is 0 Å². The Hall–Kier alpha value is -3.28. The molecule has 1 saturated carbocycles. The second-order valence-electron chi connectivity index (χ2n) is 7.46. The molecule has 29 heavy (non-hydrogen) atoms. The zero-order valence-electron chi connectivity index (χ0n) is 16.2. The Kier molecular flexibility index (Phi) is 5.79. The van der Waals surface area contributed by atoms with Crippen LogP contribution in [0.5, 0.6) is 0 Å². The summed E-state index contributed by atoms with van der Waals surface area (Å²) in [6.07, 6.45) is 6.21. The maximum atomic E-state index is 12.8. The average molecular weight is 388 g/mol. The molecule has 1 aromatic carbocycles. The van der Waals surface area contributed by atoms with Crippen LogP contribution in [0, 0.1) is 5.92 Å². The van der Waals surface area contributed by atoms with Crippen LogP contribution >= 0.6 is 0 Å². The van der Waals surface area contributed by atoms with Crippen molar-refractivity contribution in [3.63, 3.8) is 0 Å². The van der Waals surface area contributed by atoms with Gasteiger partial charge in [0.05, 0.1) is 11.7 Å². The number of nitrogens with one attached hydrogen (secondary N) is 2. The molecular formula is C23H24N4O2. The number of rotatable bonds is 6. The van der Waals surface area contributed by atoms with Gasteiger partial charge < -0.3 is 10.3 Å². The summed E-state index contributed by atoms with van der Waals surface area (Å²) >= 11 is 0. The Morgan fingerprint density at radius 2 is 1.86 bits per heavy atom. The number of hydrogen-bond donors (Lipinski definition) is 2. The van der Waals surface area contributed by atoms with E-state index in [1.165, 1.54) is 6.07 Å². The normalized spacial score (nSPS) is 15.2. The molecule has 6 nitrogen and oxygen atoms in total. The smallest absolute Gasteiger partial charge is 0.251 e. The molecule has 2 aromatic heterocycles. The highest BCUT2D eigenvalue weighted by molar-refractivity contribution is 5.79. The molecule has 3 aromatic rings. The fraction of sp³-hybridized carbons (Fsp3) is 0.304. The van der Waals surface area contributed by atoms with Crippen molar-refractivity contribution in [2.24, 2.45) is 5.92 Å². The monoisotopic (exact) mass is 388 g/mol. The van der Waals surface area contributed by atoms with Gasteiger partial charge in [-0.05, 0) is 30.5 Å². The molecule has 1 aliphatic rings. The molecular weight excluding hydrogens is 364 g/mol. The van der Waals surface area contributed by atoms with Crippen LogP contribution < -0.4 is 10.9 Å². The quantitative estimate of drug-likeness (QED) is 0.677. The molecule has 1 aliphatic carbocycles. The van der Waals surface area contributed by atoms with E-state index in [0.29, 0.717) is 23.6 Å². The SMILES string of the molecule is O=C(N[C@@H](Cc1cc(=O)[nH]c(-c2ccccn2)n1)c1ccccc1)C1CCCC1. The van der Waals surface area contributed by atoms with Gasteiger partial charge in [0, 0.05) is 24.6 Å². The molecule has 0 spiro atoms. The second-order valence-corrected chi connectivity index (χ2v) is 7.46. The largest absolute Gasteiger partial charge is 0.349 e. The minimum absolute atomic E-state index is 0.0810. The van der Waals surface area contributed by atoms with Crippen molar-refractivity contribution in [2.45, 2.75) is 38.1 Å². The van der Waals surface area contributed by atoms with E-state index in [9.17, 15) is 9.59 Å². The van der Waals surface area contributed by atoms with Crippen LogP contribution in [0.3, 0.4) is 0 Å². The maximum absolute atomic E-state index is 12.8. The molecule has 0 aliphatic heterocycles. The first-order chi connectivity index (χ1) is 14.2. The van der Waals surface area contributed by atoms with Crippen molar-refractivity contribution in [1.82, 2.24) is 20.3 Å². The van der Waals surface area contributed by atoms with Crippen LogP contribution in [0.2, 0.25) is 0 Å². The first kappa shape index (κ1) is 19.1. The Labute approximate surface area is 169 Å². The zero-order chi connectivity index (χ0) is 20.1. The average Bonchev–Trinajstić information content (AvgIpc) is 3.29. The van der Waals surface area contributed by atoms with E-state index >= 15 is 0 Å². The fourth-order valence-corrected chi connectivity index (χ4v) is 3.86. The van der Waals surface area contributed by atoms with Gasteiger partial charge >= 0.3 is 0 Å². The summed E-state index contributed by atoms with van der Waals surface area (Å²) in [6.45, 7) is 0. The summed E-state index contributed by atoms with van der Waals surface area (Å²) in [5.41, 5.74) is 2.00. The number of benzene rings is 1. The van der Waals surface area contributed by atoms with Crippen molar-refractivity contribution in [3.05, 3.63) is 82.4 Å². The summed E-state index contributed by atoms with van der Waals surface area (Å²) in [5, 5.41) is 3.20. The molecule has 0 radical (unpaired) electrons. The third-order valence-corrected chi connectivity index (χ3v) is 5.36. The van der Waals surface area contributed by atoms with Crippen molar-refractivity contribution < 1.29 is 4.79 Å². The van der Waals surface area contributed by atoms with E-state index in [2.05, 4.69) is 20.3 Å². The van der Waals surface area contributed by atoms with Crippen molar-refractivity contribution in [1.29, 1.82) is 0 Å². The Morgan fingerprint density at radius 3 is 2.59 bits per heavy atom. The lowest BCUT2D eigenvalue weighted by Gasteiger charge is -2.21. The zero-order valence-corrected chi connectivity index (χ0v) is 16.2. The first-order valence-electron chi connectivity index (χ1n) is 10.1. The van der Waals surface area contributed by atoms with Gasteiger partial charge in [-0.15, -0.1) is 0 Å². The molecule has 0 saturated heterocycles. The predicted octanol–water partition coefficient (Wildman–Crippen LogP) is 3.42. The Morgan fingerprint density at radius 1 is 1.10 bits per heavy atom. The number of H-pyrrole nitrogens is 1. The lowest BCUT2D eigenvalue weighted by Crippen LogP contribution is -2.34. The van der Waals surface area contributed by atoms with Gasteiger partial charge in [-0.25, -0.2) is 4.98 Å². The number of hydrogen-bond acceptors (Lipinski definition) is 4. The Balaban J connectivity index is 1.61. The summed E-state index contributed by atoms with van der Waals surface area (Å²) in [5.74, 6) is 0.602. The fourth-order valence-electron chi connectivity index (χ4n) is 3.86. The highest BCUT2D eigenvalue weighted by atomic mass is 16.2. The molecule has 2 N–H and O–H groups in total. The minimum Gasteiger partial charge on any atom is -0.349 e. The van der Waals surface area contributed by atoms with Gasteiger partial charge in [-0.1, -0.05) is 49.2 Å². The van der Waals surface area contributed by atoms with Crippen molar-refractivity contribution in [3.8, 4) is 11.5 Å². The number of aromatic amines is 1. The number of pyridine rings is 1. The van der Waals surface area contributed by atoms with E-state index in [4.69, 9.17) is 0 Å². The second kappa shape index (κ2) is 8.82. The van der Waals surface area contributed by atoms with Gasteiger partial charge in [0.25, 0.3) is 5.56 Å². The van der Waals surface area contributed by atoms with E-state index in [0.717, 1.165) is 31.2 Å². The van der Waals surface area contributed by atoms with Crippen molar-refractivity contribution in [2.75, 3.05) is 0 Å². The van der Waals surface area contributed by atoms with Crippen LogP contribution in [-0.4, -0.2) is 20.9 Å². The number of amides is 1. The number of carbonyl (C=O) groups is 1. The molecule has 1 fully saturated rings. The predicted molar refractivity (Wildman–Crippen MR) is 111 cm³/mol. The minimum atomic E-state index is -0.241. The highest BCUT2D eigenvalue weighted by Gasteiger charge is 2.25. The summed E-state index contributed by atoms with van der Waals surface area (Å²) in [7, 11) is 0. The molecule has 4 rings (SSSR count). The van der Waals surface area contributed by atoms with Crippen LogP contribution in [-0.2, 0) is 11.2 Å². The van der Waals surface area contributed by atoms with Crippen LogP contribution in [0.15, 0.2) is 65.6 Å². The molecule has 2 heterocycles. The highest BCUT2D eigenvalue weighted by Crippen LogP contribution is 2.26. The topological polar surface area (TPSA) is 87.7 Å². The first-order valence-corrected chi connectivity index (χ1v) is 10.1. The standard InChI is InChI=1S/C23H24N4O2/c28-21-15-18(25-22(27-21)19-12-6-7-13-24-19)14-20(16-8-2-1-3-9-16)26-23(29)17-10-4-5-11-17/h1-3,6-9,12-13,15,17,20H,4-5,10-11,14H2,(H,26,29)(H,25,27,28)/t20-/m0/s1. The Bertz CT molecular complexity index is 1010. The van der Waals surface area contributed by atoms with Crippen LogP contribution in [0.25, 0.3) is 11.5 Å². The lowest BCUT2D eigenvalue weighted by atomic mass is 9.99. The van der Waals surface area contributed by atoms with Gasteiger partial charge in [-0.3, -0.25) is 14.6 Å². The maximum Gasteiger partial charge on any atom is 0.251 e. The molecule has 0 unspecified atom stereocenters. The number of nitrogens with zero attached hydrogens (tertiary/aromatic N) is 2. The van der Waals surface area contributed by atoms with Gasteiger partial charge in [-0.2, -0.15) is 0 Å². The number of aromatic nitrogens is 3. The van der Waals surface area contributed by atoms with E-state index in [1.807, 2.05) is 42.5 Å². The van der Waals surface area contributed by atoms with Gasteiger partial charge in [0.15, 0.2) is 5.82 Å². The summed E-state index contributed by atoms with van der Waals surface area (Å²) < 4.78 is 0. The van der Waals surface area contributed by atoms with E-state index in [-0.39, 0.29) is 23.4 Å². The number of carbonyl (C=O) groups excluding carboxylic acids is 1. The van der Waals surface area contributed by atoms with Crippen LogP contribution in [0.1, 0.15) is 43.0 Å². The molecule has 1 atom stereocenters. The molecule has 148 valence electrons. The third-order valence-electron chi connectivity index (χ3n) is 5.36. The molecule has 0 bridgehead atoms. The van der Waals surface area contributed by atoms with Crippen LogP contribution in [0.4, 0.5) is 0 Å².